The van der Waals surface area contributed by atoms with Crippen LogP contribution in [0.3, 0.4) is 0 Å². The molecule has 1 aliphatic rings. The molecule has 0 aliphatic carbocycles. The van der Waals surface area contributed by atoms with E-state index in [1.807, 2.05) is 30.3 Å². The summed E-state index contributed by atoms with van der Waals surface area (Å²) in [5.74, 6) is -0.545. The molecule has 0 saturated carbocycles. The van der Waals surface area contributed by atoms with Crippen molar-refractivity contribution in [1.82, 2.24) is 9.80 Å². The second-order valence-corrected chi connectivity index (χ2v) is 6.15. The highest BCUT2D eigenvalue weighted by atomic mass is 16.2. The fourth-order valence-corrected chi connectivity index (χ4v) is 2.97. The zero-order chi connectivity index (χ0) is 17.8. The number of imide groups is 1. The van der Waals surface area contributed by atoms with Crippen LogP contribution in [-0.4, -0.2) is 41.1 Å². The van der Waals surface area contributed by atoms with E-state index in [4.69, 9.17) is 0 Å². The molecular formula is C20H20N2O3. The Bertz CT molecular complexity index is 767. The van der Waals surface area contributed by atoms with Gasteiger partial charge in [0.1, 0.15) is 0 Å². The van der Waals surface area contributed by atoms with Crippen molar-refractivity contribution in [2.75, 3.05) is 13.6 Å². The lowest BCUT2D eigenvalue weighted by molar-refractivity contribution is -0.130. The van der Waals surface area contributed by atoms with Crippen LogP contribution in [0.25, 0.3) is 0 Å². The molecule has 0 atom stereocenters. The highest BCUT2D eigenvalue weighted by molar-refractivity contribution is 6.21. The number of amides is 3. The first kappa shape index (κ1) is 16.9. The van der Waals surface area contributed by atoms with Crippen LogP contribution in [0.5, 0.6) is 0 Å². The molecule has 25 heavy (non-hydrogen) atoms. The van der Waals surface area contributed by atoms with Crippen molar-refractivity contribution in [2.24, 2.45) is 0 Å². The molecule has 1 aliphatic heterocycles. The fraction of sp³-hybridized carbons (Fsp3) is 0.250. The third-order valence-corrected chi connectivity index (χ3v) is 4.34. The van der Waals surface area contributed by atoms with E-state index in [-0.39, 0.29) is 24.3 Å². The van der Waals surface area contributed by atoms with Crippen molar-refractivity contribution >= 4 is 17.7 Å². The Morgan fingerprint density at radius 3 is 2.08 bits per heavy atom. The topological polar surface area (TPSA) is 57.7 Å². The summed E-state index contributed by atoms with van der Waals surface area (Å²) < 4.78 is 0. The van der Waals surface area contributed by atoms with E-state index in [1.54, 1.807) is 36.2 Å². The van der Waals surface area contributed by atoms with E-state index >= 15 is 0 Å². The smallest absolute Gasteiger partial charge is 0.261 e. The van der Waals surface area contributed by atoms with Crippen molar-refractivity contribution < 1.29 is 14.4 Å². The fourth-order valence-electron chi connectivity index (χ4n) is 2.97. The summed E-state index contributed by atoms with van der Waals surface area (Å²) in [5, 5.41) is 0. The molecule has 5 heteroatoms. The minimum absolute atomic E-state index is 0.000428. The monoisotopic (exact) mass is 336 g/mol. The number of carbonyl (C=O) groups excluding carboxylic acids is 3. The van der Waals surface area contributed by atoms with Crippen LogP contribution in [0, 0.1) is 0 Å². The molecule has 128 valence electrons. The summed E-state index contributed by atoms with van der Waals surface area (Å²) >= 11 is 0. The van der Waals surface area contributed by atoms with Gasteiger partial charge in [0, 0.05) is 26.6 Å². The number of hydrogen-bond acceptors (Lipinski definition) is 3. The quantitative estimate of drug-likeness (QED) is 0.762. The van der Waals surface area contributed by atoms with Crippen LogP contribution in [0.15, 0.2) is 54.6 Å². The predicted octanol–water partition coefficient (Wildman–Crippen LogP) is 2.72. The average molecular weight is 336 g/mol. The summed E-state index contributed by atoms with van der Waals surface area (Å²) in [6, 6.07) is 16.6. The molecule has 5 nitrogen and oxygen atoms in total. The summed E-state index contributed by atoms with van der Waals surface area (Å²) in [5.41, 5.74) is 1.96. The van der Waals surface area contributed by atoms with Crippen LogP contribution < -0.4 is 0 Å². The van der Waals surface area contributed by atoms with Gasteiger partial charge in [0.25, 0.3) is 11.8 Å². The van der Waals surface area contributed by atoms with Gasteiger partial charge < -0.3 is 4.90 Å². The molecule has 0 fully saturated rings. The molecule has 0 radical (unpaired) electrons. The molecule has 0 saturated heterocycles. The molecule has 0 unspecified atom stereocenters. The summed E-state index contributed by atoms with van der Waals surface area (Å²) in [6.07, 6.45) is 0.764. The number of rotatable bonds is 6. The first-order valence-corrected chi connectivity index (χ1v) is 8.31. The lowest BCUT2D eigenvalue weighted by Crippen LogP contribution is -2.32. The second kappa shape index (κ2) is 7.30. The van der Waals surface area contributed by atoms with Crippen molar-refractivity contribution in [2.45, 2.75) is 19.4 Å². The van der Waals surface area contributed by atoms with Gasteiger partial charge in [-0.1, -0.05) is 42.5 Å². The number of hydrogen-bond donors (Lipinski definition) is 0. The van der Waals surface area contributed by atoms with Gasteiger partial charge in [0.05, 0.1) is 11.1 Å². The van der Waals surface area contributed by atoms with E-state index in [9.17, 15) is 14.4 Å². The van der Waals surface area contributed by atoms with Crippen molar-refractivity contribution in [3.05, 3.63) is 71.3 Å². The molecule has 0 bridgehead atoms. The second-order valence-electron chi connectivity index (χ2n) is 6.15. The number of carbonyl (C=O) groups is 3. The molecule has 0 spiro atoms. The minimum atomic E-state index is -0.273. The van der Waals surface area contributed by atoms with Crippen LogP contribution in [-0.2, 0) is 11.3 Å². The van der Waals surface area contributed by atoms with E-state index in [1.165, 1.54) is 4.90 Å². The average Bonchev–Trinajstić information content (AvgIpc) is 2.87. The van der Waals surface area contributed by atoms with Gasteiger partial charge in [-0.05, 0) is 24.1 Å². The van der Waals surface area contributed by atoms with Crippen LogP contribution in [0.4, 0.5) is 0 Å². The largest absolute Gasteiger partial charge is 0.341 e. The van der Waals surface area contributed by atoms with E-state index in [0.29, 0.717) is 30.5 Å². The van der Waals surface area contributed by atoms with Crippen molar-refractivity contribution in [3.63, 3.8) is 0 Å². The number of nitrogens with zero attached hydrogens (tertiary/aromatic N) is 2. The lowest BCUT2D eigenvalue weighted by atomic mass is 10.1. The molecule has 3 rings (SSSR count). The van der Waals surface area contributed by atoms with E-state index in [0.717, 1.165) is 5.56 Å². The maximum atomic E-state index is 12.3. The maximum Gasteiger partial charge on any atom is 0.261 e. The van der Waals surface area contributed by atoms with Crippen LogP contribution in [0.2, 0.25) is 0 Å². The molecule has 2 aromatic rings. The first-order chi connectivity index (χ1) is 12.1. The van der Waals surface area contributed by atoms with Gasteiger partial charge in [-0.15, -0.1) is 0 Å². The molecule has 2 aromatic carbocycles. The zero-order valence-electron chi connectivity index (χ0n) is 14.1. The lowest BCUT2D eigenvalue weighted by Gasteiger charge is -2.18. The van der Waals surface area contributed by atoms with Gasteiger partial charge in [-0.3, -0.25) is 19.3 Å². The Morgan fingerprint density at radius 1 is 0.920 bits per heavy atom. The molecule has 0 aromatic heterocycles. The van der Waals surface area contributed by atoms with E-state index in [2.05, 4.69) is 0 Å². The third-order valence-electron chi connectivity index (χ3n) is 4.34. The Kier molecular flexibility index (Phi) is 4.93. The maximum absolute atomic E-state index is 12.3. The molecule has 0 N–H and O–H groups in total. The third kappa shape index (κ3) is 3.60. The SMILES string of the molecule is CN(Cc1ccccc1)C(=O)CCCN1C(=O)c2ccccc2C1=O. The number of benzene rings is 2. The summed E-state index contributed by atoms with van der Waals surface area (Å²) in [6.45, 7) is 0.809. The standard InChI is InChI=1S/C20H20N2O3/c1-21(14-15-8-3-2-4-9-15)18(23)12-7-13-22-19(24)16-10-5-6-11-17(16)20(22)25/h2-6,8-11H,7,12-14H2,1H3. The molecule has 1 heterocycles. The van der Waals surface area contributed by atoms with E-state index < -0.39 is 0 Å². The van der Waals surface area contributed by atoms with Crippen molar-refractivity contribution in [3.8, 4) is 0 Å². The normalized spacial score (nSPS) is 13.1. The molecule has 3 amide bonds. The summed E-state index contributed by atoms with van der Waals surface area (Å²) in [7, 11) is 1.76. The Hall–Kier alpha value is -2.95. The van der Waals surface area contributed by atoms with Gasteiger partial charge in [-0.25, -0.2) is 0 Å². The van der Waals surface area contributed by atoms with Gasteiger partial charge in [-0.2, -0.15) is 0 Å². The predicted molar refractivity (Wildman–Crippen MR) is 94.0 cm³/mol. The number of fused-ring (bicyclic) bond motifs is 1. The summed E-state index contributed by atoms with van der Waals surface area (Å²) in [4.78, 5) is 39.7. The molecular weight excluding hydrogens is 316 g/mol. The van der Waals surface area contributed by atoms with Gasteiger partial charge in [0.15, 0.2) is 0 Å². The van der Waals surface area contributed by atoms with Crippen LogP contribution in [0.1, 0.15) is 39.1 Å². The van der Waals surface area contributed by atoms with Crippen LogP contribution >= 0.6 is 0 Å². The first-order valence-electron chi connectivity index (χ1n) is 8.31. The van der Waals surface area contributed by atoms with Gasteiger partial charge in [0.2, 0.25) is 5.91 Å². The Balaban J connectivity index is 1.51. The Morgan fingerprint density at radius 2 is 1.48 bits per heavy atom. The zero-order valence-corrected chi connectivity index (χ0v) is 14.1. The Labute approximate surface area is 146 Å². The minimum Gasteiger partial charge on any atom is -0.341 e. The highest BCUT2D eigenvalue weighted by Gasteiger charge is 2.34. The van der Waals surface area contributed by atoms with Crippen molar-refractivity contribution in [1.29, 1.82) is 0 Å². The highest BCUT2D eigenvalue weighted by Crippen LogP contribution is 2.22. The van der Waals surface area contributed by atoms with Gasteiger partial charge >= 0.3 is 0 Å².